The Morgan fingerprint density at radius 1 is 1.22 bits per heavy atom. The number of ether oxygens (including phenoxy) is 1. The van der Waals surface area contributed by atoms with Crippen LogP contribution in [-0.4, -0.2) is 71.8 Å². The lowest BCUT2D eigenvalue weighted by Crippen LogP contribution is -2.63. The maximum Gasteiger partial charge on any atom is 0.416 e. The number of hydrogen-bond donors (Lipinski definition) is 2. The third-order valence-corrected chi connectivity index (χ3v) is 11.3. The lowest BCUT2D eigenvalue weighted by Gasteiger charge is -2.57. The van der Waals surface area contributed by atoms with Gasteiger partial charge in [-0.25, -0.2) is 4.98 Å². The summed E-state index contributed by atoms with van der Waals surface area (Å²) in [5.74, 6) is -0.873. The molecule has 12 nitrogen and oxygen atoms in total. The average molecular weight is 724 g/mol. The topological polar surface area (TPSA) is 144 Å². The Balaban J connectivity index is 1.20. The Kier molecular flexibility index (Phi) is 7.98. The summed E-state index contributed by atoms with van der Waals surface area (Å²) >= 11 is 6.17. The standard InChI is InChI=1S/C35H33ClF3N7O5/c1-18-16-34(10-12-44(24-7-5-21(24)34)32(50)28-25(47)3-2-11-40-28)27-29(18)45(17-26(48)41-23-6-4-20(15-22(23)36)35(37,38)39)33-42-30(43-46(33)31(27)49)19-8-13-51-14-9-19/h2-4,6,8,11,15,18,21,24,47H,5,7,9-10,12-14,16-17H2,1H3,(H,41,48)/t18-,21+,24-,34-/m0/s1. The van der Waals surface area contributed by atoms with Crippen molar-refractivity contribution in [1.29, 1.82) is 0 Å². The summed E-state index contributed by atoms with van der Waals surface area (Å²) in [6.07, 6.45) is 1.83. The molecule has 4 atom stereocenters. The maximum atomic E-state index is 14.6. The van der Waals surface area contributed by atoms with Crippen molar-refractivity contribution in [3.63, 3.8) is 0 Å². The van der Waals surface area contributed by atoms with Crippen LogP contribution in [0.25, 0.3) is 11.4 Å². The van der Waals surface area contributed by atoms with E-state index in [1.165, 1.54) is 16.8 Å². The van der Waals surface area contributed by atoms with Gasteiger partial charge in [0.25, 0.3) is 11.5 Å². The lowest BCUT2D eigenvalue weighted by atomic mass is 9.55. The van der Waals surface area contributed by atoms with E-state index in [1.54, 1.807) is 15.5 Å². The second-order valence-corrected chi connectivity index (χ2v) is 14.1. The van der Waals surface area contributed by atoms with E-state index in [9.17, 15) is 32.7 Å². The van der Waals surface area contributed by atoms with Crippen LogP contribution in [0.2, 0.25) is 5.02 Å². The molecule has 0 unspecified atom stereocenters. The molecule has 0 radical (unpaired) electrons. The first-order chi connectivity index (χ1) is 24.4. The average Bonchev–Trinajstić information content (AvgIpc) is 3.65. The van der Waals surface area contributed by atoms with Crippen LogP contribution in [0.5, 0.6) is 5.75 Å². The molecule has 8 rings (SSSR count). The minimum absolute atomic E-state index is 0.00991. The van der Waals surface area contributed by atoms with Crippen molar-refractivity contribution in [3.8, 4) is 5.75 Å². The fourth-order valence-corrected chi connectivity index (χ4v) is 8.86. The highest BCUT2D eigenvalue weighted by Crippen LogP contribution is 2.59. The third-order valence-electron chi connectivity index (χ3n) is 10.9. The Labute approximate surface area is 293 Å². The number of carbonyl (C=O) groups is 2. The van der Waals surface area contributed by atoms with E-state index >= 15 is 0 Å². The Hall–Kier alpha value is -4.76. The number of aromatic nitrogens is 5. The van der Waals surface area contributed by atoms with Crippen molar-refractivity contribution in [2.24, 2.45) is 5.92 Å². The molecule has 2 aliphatic carbocycles. The number of halogens is 4. The number of alkyl halides is 3. The number of rotatable bonds is 5. The minimum Gasteiger partial charge on any atom is -0.505 e. The third kappa shape index (κ3) is 5.39. The molecule has 2 amide bonds. The van der Waals surface area contributed by atoms with Gasteiger partial charge in [0.2, 0.25) is 11.7 Å². The number of hydrogen-bond acceptors (Lipinski definition) is 8. The molecular weight excluding hydrogens is 691 g/mol. The Morgan fingerprint density at radius 2 is 2.04 bits per heavy atom. The number of piperidine rings is 1. The molecule has 0 bridgehead atoms. The summed E-state index contributed by atoms with van der Waals surface area (Å²) < 4.78 is 48.2. The van der Waals surface area contributed by atoms with Crippen molar-refractivity contribution >= 4 is 40.5 Å². The van der Waals surface area contributed by atoms with E-state index in [4.69, 9.17) is 21.3 Å². The van der Waals surface area contributed by atoms with E-state index in [0.717, 1.165) is 36.6 Å². The van der Waals surface area contributed by atoms with Gasteiger partial charge in [-0.2, -0.15) is 22.7 Å². The van der Waals surface area contributed by atoms with Gasteiger partial charge in [-0.05, 0) is 79.8 Å². The maximum absolute atomic E-state index is 14.6. The largest absolute Gasteiger partial charge is 0.505 e. The number of anilines is 1. The van der Waals surface area contributed by atoms with E-state index < -0.39 is 23.1 Å². The van der Waals surface area contributed by atoms with Crippen LogP contribution < -0.4 is 10.9 Å². The summed E-state index contributed by atoms with van der Waals surface area (Å²) in [6.45, 7) is 2.85. The second-order valence-electron chi connectivity index (χ2n) is 13.7. The number of likely N-dealkylation sites (tertiary alicyclic amines) is 1. The van der Waals surface area contributed by atoms with Gasteiger partial charge >= 0.3 is 6.18 Å². The number of benzene rings is 1. The summed E-state index contributed by atoms with van der Waals surface area (Å²) in [5.41, 5.74) is 0.106. The van der Waals surface area contributed by atoms with Gasteiger partial charge in [-0.1, -0.05) is 24.6 Å². The van der Waals surface area contributed by atoms with Crippen LogP contribution in [0.15, 0.2) is 47.4 Å². The van der Waals surface area contributed by atoms with Crippen molar-refractivity contribution in [3.05, 3.63) is 86.3 Å². The first-order valence-corrected chi connectivity index (χ1v) is 17.2. The normalized spacial score (nSPS) is 24.2. The summed E-state index contributed by atoms with van der Waals surface area (Å²) in [4.78, 5) is 52.6. The number of pyridine rings is 1. The fraction of sp³-hybridized carbons (Fsp3) is 0.429. The zero-order chi connectivity index (χ0) is 35.8. The smallest absolute Gasteiger partial charge is 0.416 e. The van der Waals surface area contributed by atoms with Gasteiger partial charge in [0.05, 0.1) is 29.5 Å². The predicted octanol–water partition coefficient (Wildman–Crippen LogP) is 5.18. The lowest BCUT2D eigenvalue weighted by molar-refractivity contribution is -0.137. The van der Waals surface area contributed by atoms with Gasteiger partial charge < -0.3 is 24.6 Å². The van der Waals surface area contributed by atoms with Crippen molar-refractivity contribution < 1.29 is 32.6 Å². The summed E-state index contributed by atoms with van der Waals surface area (Å²) in [6, 6.07) is 5.51. The highest BCUT2D eigenvalue weighted by molar-refractivity contribution is 6.33. The molecule has 2 fully saturated rings. The molecule has 3 aromatic heterocycles. The van der Waals surface area contributed by atoms with Gasteiger partial charge in [-0.3, -0.25) is 14.4 Å². The van der Waals surface area contributed by atoms with E-state index in [2.05, 4.69) is 15.4 Å². The number of nitrogens with one attached hydrogen (secondary N) is 1. The Bertz CT molecular complexity index is 2200. The van der Waals surface area contributed by atoms with Crippen molar-refractivity contribution in [2.45, 2.75) is 69.1 Å². The summed E-state index contributed by atoms with van der Waals surface area (Å²) in [7, 11) is 0. The molecule has 4 aromatic rings. The molecule has 16 heteroatoms. The molecule has 1 saturated carbocycles. The van der Waals surface area contributed by atoms with Crippen LogP contribution >= 0.6 is 11.6 Å². The predicted molar refractivity (Wildman–Crippen MR) is 179 cm³/mol. The van der Waals surface area contributed by atoms with Crippen LogP contribution in [0.4, 0.5) is 18.9 Å². The van der Waals surface area contributed by atoms with Gasteiger partial charge in [0, 0.05) is 35.5 Å². The van der Waals surface area contributed by atoms with Gasteiger partial charge in [0.15, 0.2) is 11.5 Å². The van der Waals surface area contributed by atoms with Crippen LogP contribution in [0.3, 0.4) is 0 Å². The number of fused-ring (bicyclic) bond motifs is 5. The quantitative estimate of drug-likeness (QED) is 0.287. The molecule has 1 saturated heterocycles. The van der Waals surface area contributed by atoms with Crippen LogP contribution in [0, 0.1) is 5.92 Å². The Morgan fingerprint density at radius 3 is 2.73 bits per heavy atom. The molecule has 1 aromatic carbocycles. The van der Waals surface area contributed by atoms with Crippen LogP contribution in [-0.2, 0) is 27.7 Å². The zero-order valence-corrected chi connectivity index (χ0v) is 28.2. The fourth-order valence-electron chi connectivity index (χ4n) is 8.63. The van der Waals surface area contributed by atoms with Crippen molar-refractivity contribution in [1.82, 2.24) is 29.0 Å². The molecule has 4 aliphatic rings. The SMILES string of the molecule is C[C@H]1C[C@]2(CCN(C(=O)c3ncccc3O)[C@H]3CC[C@H]32)c2c1n(CC(=O)Nc1ccc(C(F)(F)F)cc1Cl)c1nc(C3=CCOCC3)nn1c2=O. The monoisotopic (exact) mass is 723 g/mol. The van der Waals surface area contributed by atoms with E-state index in [-0.39, 0.29) is 63.8 Å². The first kappa shape index (κ1) is 33.4. The van der Waals surface area contributed by atoms with Crippen molar-refractivity contribution in [2.75, 3.05) is 25.1 Å². The molecule has 266 valence electrons. The molecule has 1 spiro atoms. The minimum atomic E-state index is -4.60. The van der Waals surface area contributed by atoms with Crippen LogP contribution in [0.1, 0.15) is 78.1 Å². The molecule has 51 heavy (non-hydrogen) atoms. The molecular formula is C35H33ClF3N7O5. The van der Waals surface area contributed by atoms with Gasteiger partial charge in [-0.15, -0.1) is 5.10 Å². The number of aromatic hydroxyl groups is 1. The highest BCUT2D eigenvalue weighted by atomic mass is 35.5. The van der Waals surface area contributed by atoms with E-state index in [0.29, 0.717) is 56.1 Å². The molecule has 5 heterocycles. The molecule has 2 N–H and O–H groups in total. The second kappa shape index (κ2) is 12.2. The van der Waals surface area contributed by atoms with E-state index in [1.807, 2.05) is 13.0 Å². The molecule has 2 aliphatic heterocycles. The first-order valence-electron chi connectivity index (χ1n) is 16.8. The number of amides is 2. The highest BCUT2D eigenvalue weighted by Gasteiger charge is 2.60. The van der Waals surface area contributed by atoms with Gasteiger partial charge in [0.1, 0.15) is 12.3 Å². The number of carbonyl (C=O) groups excluding carboxylic acids is 2. The number of nitrogens with zero attached hydrogens (tertiary/aromatic N) is 6. The summed E-state index contributed by atoms with van der Waals surface area (Å²) in [5, 5.41) is 17.4. The zero-order valence-electron chi connectivity index (χ0n) is 27.4.